The maximum absolute atomic E-state index is 10.5. The Hall–Kier alpha value is -1.90. The first-order valence-corrected chi connectivity index (χ1v) is 6.32. The molecule has 0 saturated heterocycles. The predicted octanol–water partition coefficient (Wildman–Crippen LogP) is 1.61. The van der Waals surface area contributed by atoms with Crippen LogP contribution in [0.1, 0.15) is 0 Å². The highest BCUT2D eigenvalue weighted by Crippen LogP contribution is 2.12. The molecule has 0 unspecified atom stereocenters. The van der Waals surface area contributed by atoms with Crippen LogP contribution in [0.25, 0.3) is 0 Å². The van der Waals surface area contributed by atoms with Crippen molar-refractivity contribution in [1.29, 1.82) is 0 Å². The number of carboxylic acid groups (broad SMARTS) is 1. The summed E-state index contributed by atoms with van der Waals surface area (Å²) >= 11 is 11.5. The molecule has 1 aromatic heterocycles. The highest BCUT2D eigenvalue weighted by Gasteiger charge is 2.28. The Kier molecular flexibility index (Phi) is 6.54. The number of nitrogens with two attached hydrogens (primary N) is 1. The summed E-state index contributed by atoms with van der Waals surface area (Å²) in [6.07, 6.45) is -5.19. The van der Waals surface area contributed by atoms with Crippen LogP contribution in [0.2, 0.25) is 10.3 Å². The number of hydrogen-bond donors (Lipinski definition) is 1. The van der Waals surface area contributed by atoms with Gasteiger partial charge in [-0.25, -0.2) is 5.32 Å². The van der Waals surface area contributed by atoms with Crippen molar-refractivity contribution < 1.29 is 28.4 Å². The van der Waals surface area contributed by atoms with E-state index in [9.17, 15) is 13.2 Å². The summed E-state index contributed by atoms with van der Waals surface area (Å²) in [5.74, 6) is -2.49. The quantitative estimate of drug-likeness (QED) is 0.656. The zero-order chi connectivity index (χ0) is 16.8. The van der Waals surface area contributed by atoms with E-state index in [-0.39, 0.29) is 0 Å². The van der Waals surface area contributed by atoms with Gasteiger partial charge in [-0.05, 0) is 12.1 Å². The Morgan fingerprint density at radius 3 is 1.95 bits per heavy atom. The minimum atomic E-state index is -5.19. The third kappa shape index (κ3) is 6.70. The van der Waals surface area contributed by atoms with Crippen molar-refractivity contribution in [2.45, 2.75) is 6.18 Å². The Balaban J connectivity index is 0.000000295. The fourth-order valence-corrected chi connectivity index (χ4v) is 1.61. The predicted molar refractivity (Wildman–Crippen MR) is 70.8 cm³/mol. The van der Waals surface area contributed by atoms with Crippen LogP contribution in [0.5, 0.6) is 0 Å². The van der Waals surface area contributed by atoms with Crippen LogP contribution in [0.15, 0.2) is 36.4 Å². The molecule has 0 aliphatic rings. The maximum Gasteiger partial charge on any atom is 0.430 e. The lowest BCUT2D eigenvalue weighted by molar-refractivity contribution is -0.487. The molecule has 0 radical (unpaired) electrons. The number of carbonyl (C=O) groups excluding carboxylic acids is 1. The molecule has 0 aliphatic heterocycles. The molecule has 2 N–H and O–H groups in total. The number of aliphatic carboxylic acids is 1. The lowest BCUT2D eigenvalue weighted by Gasteiger charge is -2.03. The smallest absolute Gasteiger partial charge is 0.430 e. The molecule has 0 spiro atoms. The Morgan fingerprint density at radius 1 is 1.09 bits per heavy atom. The van der Waals surface area contributed by atoms with Crippen LogP contribution in [0.3, 0.4) is 0 Å². The molecule has 0 saturated carbocycles. The van der Waals surface area contributed by atoms with Crippen molar-refractivity contribution in [2.75, 3.05) is 0 Å². The number of aromatic nitrogens is 2. The molecule has 0 bridgehead atoms. The van der Waals surface area contributed by atoms with Crippen molar-refractivity contribution in [1.82, 2.24) is 9.97 Å². The van der Waals surface area contributed by atoms with Gasteiger partial charge in [0.25, 0.3) is 0 Å². The van der Waals surface area contributed by atoms with Crippen molar-refractivity contribution in [3.05, 3.63) is 46.7 Å². The number of alkyl halides is 3. The fraction of sp³-hybridized carbons (Fsp3) is 0.0833. The van der Waals surface area contributed by atoms with Gasteiger partial charge in [0.15, 0.2) is 0 Å². The highest BCUT2D eigenvalue weighted by molar-refractivity contribution is 6.33. The van der Waals surface area contributed by atoms with Crippen molar-refractivity contribution in [3.63, 3.8) is 0 Å². The van der Waals surface area contributed by atoms with Gasteiger partial charge in [0.2, 0.25) is 0 Å². The minimum absolute atomic E-state index is 0.345. The molecular formula is C12H8Cl2F3N3O2. The summed E-state index contributed by atoms with van der Waals surface area (Å²) in [5, 5.41) is 11.3. The van der Waals surface area contributed by atoms with Gasteiger partial charge in [-0.1, -0.05) is 41.4 Å². The van der Waals surface area contributed by atoms with E-state index in [2.05, 4.69) is 9.97 Å². The summed E-state index contributed by atoms with van der Waals surface area (Å²) < 4.78 is 31.5. The van der Waals surface area contributed by atoms with Crippen molar-refractivity contribution >= 4 is 40.8 Å². The number of para-hydroxylation sites is 1. The standard InChI is InChI=1S/C10H7Cl2N3.C2HF3O2/c11-8-6-9(12)15-10(14-8)13-7-4-2-1-3-5-7;3-2(4,5)1(6)7/h1-6H,(H,13,14,15);(H,6,7). The van der Waals surface area contributed by atoms with E-state index < -0.39 is 12.1 Å². The van der Waals surface area contributed by atoms with E-state index in [0.717, 1.165) is 5.69 Å². The number of carbonyl (C=O) groups is 1. The largest absolute Gasteiger partial charge is 0.542 e. The Morgan fingerprint density at radius 2 is 1.55 bits per heavy atom. The summed E-state index contributed by atoms with van der Waals surface area (Å²) in [5.41, 5.74) is 1.01. The fourth-order valence-electron chi connectivity index (χ4n) is 1.17. The van der Waals surface area contributed by atoms with E-state index >= 15 is 0 Å². The van der Waals surface area contributed by atoms with Crippen LogP contribution >= 0.6 is 23.2 Å². The van der Waals surface area contributed by atoms with Gasteiger partial charge >= 0.3 is 12.1 Å². The van der Waals surface area contributed by atoms with E-state index in [4.69, 9.17) is 33.1 Å². The van der Waals surface area contributed by atoms with Gasteiger partial charge in [-0.3, -0.25) is 0 Å². The number of carboxylic acids is 1. The SMILES string of the molecule is Clc1cc(Cl)nc([NH2+]c2ccccc2)n1.O=C([O-])C(F)(F)F. The second-order valence-electron chi connectivity index (χ2n) is 3.71. The number of nitrogens with zero attached hydrogens (tertiary/aromatic N) is 2. The summed E-state index contributed by atoms with van der Waals surface area (Å²) in [6.45, 7) is 0. The van der Waals surface area contributed by atoms with Gasteiger partial charge in [0.05, 0.1) is 0 Å². The third-order valence-electron chi connectivity index (χ3n) is 2.01. The zero-order valence-electron chi connectivity index (χ0n) is 10.6. The molecule has 2 rings (SSSR count). The van der Waals surface area contributed by atoms with Crippen LogP contribution in [-0.2, 0) is 4.79 Å². The number of quaternary nitrogens is 1. The first-order valence-electron chi connectivity index (χ1n) is 5.56. The van der Waals surface area contributed by atoms with E-state index in [0.29, 0.717) is 16.3 Å². The topological polar surface area (TPSA) is 82.5 Å². The lowest BCUT2D eigenvalue weighted by Crippen LogP contribution is -2.72. The number of rotatable bonds is 2. The highest BCUT2D eigenvalue weighted by atomic mass is 35.5. The van der Waals surface area contributed by atoms with Crippen LogP contribution in [0.4, 0.5) is 24.8 Å². The molecule has 10 heteroatoms. The molecule has 5 nitrogen and oxygen atoms in total. The third-order valence-corrected chi connectivity index (χ3v) is 2.39. The van der Waals surface area contributed by atoms with Gasteiger partial charge in [-0.15, -0.1) is 0 Å². The number of halogens is 5. The average Bonchev–Trinajstić information content (AvgIpc) is 2.38. The van der Waals surface area contributed by atoms with Crippen LogP contribution in [0, 0.1) is 0 Å². The summed E-state index contributed by atoms with van der Waals surface area (Å²) in [7, 11) is 0. The van der Waals surface area contributed by atoms with Crippen molar-refractivity contribution in [3.8, 4) is 0 Å². The molecule has 0 fully saturated rings. The lowest BCUT2D eigenvalue weighted by atomic mass is 10.3. The zero-order valence-corrected chi connectivity index (χ0v) is 12.2. The van der Waals surface area contributed by atoms with E-state index in [1.54, 1.807) is 0 Å². The maximum atomic E-state index is 10.5. The van der Waals surface area contributed by atoms with E-state index in [1.807, 2.05) is 35.6 Å². The Bertz CT molecular complexity index is 619. The first-order chi connectivity index (χ1) is 10.2. The summed E-state index contributed by atoms with van der Waals surface area (Å²) in [6, 6.07) is 11.3. The van der Waals surface area contributed by atoms with Crippen LogP contribution in [-0.4, -0.2) is 22.1 Å². The number of benzene rings is 1. The normalized spacial score (nSPS) is 10.6. The van der Waals surface area contributed by atoms with E-state index in [1.165, 1.54) is 6.07 Å². The first kappa shape index (κ1) is 18.1. The molecule has 0 amide bonds. The van der Waals surface area contributed by atoms with Gasteiger partial charge in [0.1, 0.15) is 22.0 Å². The average molecular weight is 354 g/mol. The van der Waals surface area contributed by atoms with Gasteiger partial charge in [-0.2, -0.15) is 23.1 Å². The van der Waals surface area contributed by atoms with Crippen LogP contribution < -0.4 is 10.4 Å². The molecule has 0 aliphatic carbocycles. The molecule has 118 valence electrons. The monoisotopic (exact) mass is 353 g/mol. The van der Waals surface area contributed by atoms with Crippen molar-refractivity contribution in [2.24, 2.45) is 0 Å². The summed E-state index contributed by atoms with van der Waals surface area (Å²) in [4.78, 5) is 16.9. The van der Waals surface area contributed by atoms with Gasteiger partial charge < -0.3 is 9.90 Å². The molecule has 1 heterocycles. The molecule has 22 heavy (non-hydrogen) atoms. The molecule has 1 aromatic carbocycles. The molecular weight excluding hydrogens is 346 g/mol. The number of hydrogen-bond acceptors (Lipinski definition) is 4. The van der Waals surface area contributed by atoms with Gasteiger partial charge in [0, 0.05) is 6.07 Å². The molecule has 0 atom stereocenters. The Labute approximate surface area is 132 Å². The minimum Gasteiger partial charge on any atom is -0.542 e. The second kappa shape index (κ2) is 7.92. The molecule has 2 aromatic rings. The second-order valence-corrected chi connectivity index (χ2v) is 4.49.